The lowest BCUT2D eigenvalue weighted by Crippen LogP contribution is -2.23. The van der Waals surface area contributed by atoms with Crippen LogP contribution in [-0.4, -0.2) is 9.79 Å². The summed E-state index contributed by atoms with van der Waals surface area (Å²) < 4.78 is 15.3. The van der Waals surface area contributed by atoms with E-state index in [1.807, 2.05) is 12.1 Å². The zero-order chi connectivity index (χ0) is 14.8. The second-order valence-corrected chi connectivity index (χ2v) is 7.40. The molecule has 0 spiro atoms. The molecule has 0 aliphatic carbocycles. The Kier molecular flexibility index (Phi) is 4.83. The van der Waals surface area contributed by atoms with Crippen LogP contribution < -0.4 is 4.52 Å². The molecule has 2 N–H and O–H groups in total. The van der Waals surface area contributed by atoms with Gasteiger partial charge in [-0.05, 0) is 34.9 Å². The van der Waals surface area contributed by atoms with Crippen molar-refractivity contribution in [1.29, 1.82) is 0 Å². The highest BCUT2D eigenvalue weighted by Gasteiger charge is 2.29. The van der Waals surface area contributed by atoms with E-state index >= 15 is 0 Å². The Bertz CT molecular complexity index is 453. The van der Waals surface area contributed by atoms with Gasteiger partial charge in [0.15, 0.2) is 0 Å². The summed E-state index contributed by atoms with van der Waals surface area (Å²) in [6.45, 7) is 10.9. The number of hydrogen-bond acceptors (Lipinski definition) is 2. The molecule has 1 atom stereocenters. The van der Waals surface area contributed by atoms with E-state index in [0.29, 0.717) is 11.8 Å². The molecule has 1 unspecified atom stereocenters. The fourth-order valence-electron chi connectivity index (χ4n) is 2.76. The van der Waals surface area contributed by atoms with Gasteiger partial charge in [0.25, 0.3) is 0 Å². The van der Waals surface area contributed by atoms with Crippen LogP contribution in [0.15, 0.2) is 24.3 Å². The molecule has 0 aromatic heterocycles. The fourth-order valence-corrected chi connectivity index (χ4v) is 3.15. The van der Waals surface area contributed by atoms with Crippen molar-refractivity contribution in [1.82, 2.24) is 0 Å². The molecule has 0 amide bonds. The first-order chi connectivity index (χ1) is 8.50. The predicted octanol–water partition coefficient (Wildman–Crippen LogP) is 3.94. The first kappa shape index (κ1) is 16.2. The molecule has 5 heteroatoms. The van der Waals surface area contributed by atoms with Crippen LogP contribution in [0, 0.1) is 11.3 Å². The minimum absolute atomic E-state index is 0.125. The smallest absolute Gasteiger partial charge is 0.404 e. The summed E-state index contributed by atoms with van der Waals surface area (Å²) >= 11 is 0. The number of hydrogen-bond donors (Lipinski definition) is 2. The molecule has 108 valence electrons. The maximum absolute atomic E-state index is 10.8. The molecule has 0 aliphatic rings. The van der Waals surface area contributed by atoms with Gasteiger partial charge in [-0.2, -0.15) is 0 Å². The highest BCUT2D eigenvalue weighted by Crippen LogP contribution is 2.42. The van der Waals surface area contributed by atoms with E-state index in [-0.39, 0.29) is 11.2 Å². The fraction of sp³-hybridized carbons (Fsp3) is 0.571. The molecule has 0 aliphatic heterocycles. The van der Waals surface area contributed by atoms with Crippen LogP contribution in [0.5, 0.6) is 5.75 Å². The predicted molar refractivity (Wildman–Crippen MR) is 76.1 cm³/mol. The van der Waals surface area contributed by atoms with Crippen LogP contribution in [0.4, 0.5) is 0 Å². The van der Waals surface area contributed by atoms with Crippen molar-refractivity contribution in [2.75, 3.05) is 0 Å². The molecule has 0 heterocycles. The van der Waals surface area contributed by atoms with Crippen molar-refractivity contribution < 1.29 is 18.9 Å². The zero-order valence-electron chi connectivity index (χ0n) is 12.1. The quantitative estimate of drug-likeness (QED) is 0.823. The molecule has 19 heavy (non-hydrogen) atoms. The third kappa shape index (κ3) is 4.98. The van der Waals surface area contributed by atoms with Gasteiger partial charge in [-0.25, -0.2) is 4.57 Å². The Morgan fingerprint density at radius 1 is 1.11 bits per heavy atom. The molecule has 4 nitrogen and oxygen atoms in total. The maximum Gasteiger partial charge on any atom is 0.524 e. The van der Waals surface area contributed by atoms with Gasteiger partial charge < -0.3 is 4.52 Å². The van der Waals surface area contributed by atoms with Crippen LogP contribution in [0.25, 0.3) is 0 Å². The summed E-state index contributed by atoms with van der Waals surface area (Å²) in [7, 11) is -4.48. The molecule has 1 rings (SSSR count). The third-order valence-corrected chi connectivity index (χ3v) is 3.51. The van der Waals surface area contributed by atoms with Gasteiger partial charge in [-0.3, -0.25) is 9.79 Å². The van der Waals surface area contributed by atoms with Crippen LogP contribution >= 0.6 is 7.82 Å². The van der Waals surface area contributed by atoms with E-state index in [2.05, 4.69) is 39.1 Å². The molecule has 0 fully saturated rings. The number of rotatable bonds is 4. The SMILES string of the molecule is CC(C)C(c1ccc(OP(=O)(O)O)cc1)C(C)(C)C. The van der Waals surface area contributed by atoms with Crippen LogP contribution in [0.1, 0.15) is 46.1 Å². The molecule has 0 bridgehead atoms. The molecule has 1 aromatic carbocycles. The molecule has 1 aromatic rings. The molecule has 0 saturated heterocycles. The topological polar surface area (TPSA) is 66.8 Å². The van der Waals surface area contributed by atoms with Crippen molar-refractivity contribution in [3.8, 4) is 5.75 Å². The number of benzene rings is 1. The van der Waals surface area contributed by atoms with Crippen LogP contribution in [0.3, 0.4) is 0 Å². The van der Waals surface area contributed by atoms with Crippen LogP contribution in [-0.2, 0) is 4.57 Å². The summed E-state index contributed by atoms with van der Waals surface area (Å²) in [5, 5.41) is 0. The summed E-state index contributed by atoms with van der Waals surface area (Å²) in [6, 6.07) is 6.97. The summed E-state index contributed by atoms with van der Waals surface area (Å²) in [5.74, 6) is 1.04. The van der Waals surface area contributed by atoms with E-state index in [0.717, 1.165) is 5.56 Å². The molecular formula is C14H23O4P. The van der Waals surface area contributed by atoms with Gasteiger partial charge >= 0.3 is 7.82 Å². The Morgan fingerprint density at radius 3 is 1.89 bits per heavy atom. The van der Waals surface area contributed by atoms with Crippen molar-refractivity contribution >= 4 is 7.82 Å². The Hall–Kier alpha value is -0.830. The summed E-state index contributed by atoms with van der Waals surface area (Å²) in [4.78, 5) is 17.5. The third-order valence-electron chi connectivity index (χ3n) is 3.06. The second-order valence-electron chi connectivity index (χ2n) is 6.24. The second kappa shape index (κ2) is 5.66. The molecule has 0 radical (unpaired) electrons. The van der Waals surface area contributed by atoms with Crippen molar-refractivity contribution in [2.24, 2.45) is 11.3 Å². The highest BCUT2D eigenvalue weighted by molar-refractivity contribution is 7.46. The summed E-state index contributed by atoms with van der Waals surface area (Å²) in [6.07, 6.45) is 0. The van der Waals surface area contributed by atoms with E-state index in [4.69, 9.17) is 9.79 Å². The minimum Gasteiger partial charge on any atom is -0.404 e. The minimum atomic E-state index is -4.48. The normalized spacial score (nSPS) is 14.5. The Morgan fingerprint density at radius 2 is 1.58 bits per heavy atom. The van der Waals surface area contributed by atoms with Gasteiger partial charge in [0.2, 0.25) is 0 Å². The van der Waals surface area contributed by atoms with Crippen molar-refractivity contribution in [3.63, 3.8) is 0 Å². The van der Waals surface area contributed by atoms with Gasteiger partial charge in [-0.15, -0.1) is 0 Å². The summed E-state index contributed by atoms with van der Waals surface area (Å²) in [5.41, 5.74) is 1.28. The van der Waals surface area contributed by atoms with Gasteiger partial charge in [0, 0.05) is 0 Å². The monoisotopic (exact) mass is 286 g/mol. The lowest BCUT2D eigenvalue weighted by atomic mass is 9.71. The first-order valence-corrected chi connectivity index (χ1v) is 7.89. The largest absolute Gasteiger partial charge is 0.524 e. The lowest BCUT2D eigenvalue weighted by Gasteiger charge is -2.34. The van der Waals surface area contributed by atoms with Gasteiger partial charge in [-0.1, -0.05) is 46.8 Å². The van der Waals surface area contributed by atoms with E-state index < -0.39 is 7.82 Å². The number of phosphoric ester groups is 1. The standard InChI is InChI=1S/C14H23O4P/c1-10(2)13(14(3,4)5)11-6-8-12(9-7-11)18-19(15,16)17/h6-10,13H,1-5H3,(H2,15,16,17). The van der Waals surface area contributed by atoms with E-state index in [9.17, 15) is 4.57 Å². The van der Waals surface area contributed by atoms with Crippen LogP contribution in [0.2, 0.25) is 0 Å². The van der Waals surface area contributed by atoms with E-state index in [1.54, 1.807) is 12.1 Å². The average molecular weight is 286 g/mol. The van der Waals surface area contributed by atoms with Gasteiger partial charge in [0.05, 0.1) is 0 Å². The zero-order valence-corrected chi connectivity index (χ0v) is 13.0. The number of phosphoric acid groups is 1. The highest BCUT2D eigenvalue weighted by atomic mass is 31.2. The lowest BCUT2D eigenvalue weighted by molar-refractivity contribution is 0.257. The Labute approximate surface area is 115 Å². The first-order valence-electron chi connectivity index (χ1n) is 6.36. The Balaban J connectivity index is 3.00. The maximum atomic E-state index is 10.8. The average Bonchev–Trinajstić information content (AvgIpc) is 2.15. The molecular weight excluding hydrogens is 263 g/mol. The molecule has 0 saturated carbocycles. The van der Waals surface area contributed by atoms with Crippen molar-refractivity contribution in [2.45, 2.75) is 40.5 Å². The van der Waals surface area contributed by atoms with Crippen molar-refractivity contribution in [3.05, 3.63) is 29.8 Å². The van der Waals surface area contributed by atoms with E-state index in [1.165, 1.54) is 0 Å². The van der Waals surface area contributed by atoms with Gasteiger partial charge in [0.1, 0.15) is 5.75 Å².